The molecule has 1 aliphatic rings. The number of guanidine groups is 1. The predicted molar refractivity (Wildman–Crippen MR) is 110 cm³/mol. The van der Waals surface area contributed by atoms with Crippen LogP contribution in [0.15, 0.2) is 23.2 Å². The summed E-state index contributed by atoms with van der Waals surface area (Å²) in [5, 5.41) is 6.63. The van der Waals surface area contributed by atoms with Crippen LogP contribution in [-0.2, 0) is 4.74 Å². The molecule has 0 amide bonds. The Morgan fingerprint density at radius 2 is 2.00 bits per heavy atom. The zero-order valence-electron chi connectivity index (χ0n) is 16.9. The number of hydrogen-bond acceptors (Lipinski definition) is 5. The molecule has 1 aromatic carbocycles. The molecule has 0 spiro atoms. The highest BCUT2D eigenvalue weighted by Gasteiger charge is 2.09. The molecule has 1 fully saturated rings. The fraction of sp³-hybridized carbons (Fsp3) is 0.650. The van der Waals surface area contributed by atoms with Crippen LogP contribution in [-0.4, -0.2) is 70.5 Å². The summed E-state index contributed by atoms with van der Waals surface area (Å²) in [4.78, 5) is 7.15. The Bertz CT molecular complexity index is 574. The molecule has 0 aliphatic carbocycles. The second-order valence-electron chi connectivity index (χ2n) is 6.35. The molecule has 1 aromatic rings. The van der Waals surface area contributed by atoms with E-state index in [9.17, 15) is 0 Å². The zero-order valence-corrected chi connectivity index (χ0v) is 16.9. The molecule has 7 nitrogen and oxygen atoms in total. The minimum absolute atomic E-state index is 0.609. The fourth-order valence-corrected chi connectivity index (χ4v) is 2.93. The van der Waals surface area contributed by atoms with Crippen molar-refractivity contribution in [1.82, 2.24) is 10.2 Å². The molecule has 0 unspecified atom stereocenters. The smallest absolute Gasteiger partial charge is 0.195 e. The van der Waals surface area contributed by atoms with Gasteiger partial charge >= 0.3 is 0 Å². The van der Waals surface area contributed by atoms with Crippen LogP contribution in [0.3, 0.4) is 0 Å². The first-order valence-electron chi connectivity index (χ1n) is 9.93. The molecule has 1 heterocycles. The average molecular weight is 379 g/mol. The highest BCUT2D eigenvalue weighted by molar-refractivity contribution is 5.93. The van der Waals surface area contributed by atoms with Gasteiger partial charge in [0.1, 0.15) is 0 Å². The van der Waals surface area contributed by atoms with Crippen molar-refractivity contribution in [1.29, 1.82) is 0 Å². The van der Waals surface area contributed by atoms with E-state index in [1.54, 1.807) is 7.11 Å². The maximum absolute atomic E-state index is 5.57. The van der Waals surface area contributed by atoms with Crippen molar-refractivity contribution in [3.05, 3.63) is 18.2 Å². The molecule has 0 radical (unpaired) electrons. The lowest BCUT2D eigenvalue weighted by molar-refractivity contribution is 0.0373. The molecule has 2 N–H and O–H groups in total. The van der Waals surface area contributed by atoms with Crippen molar-refractivity contribution in [2.45, 2.75) is 26.7 Å². The number of morpholine rings is 1. The van der Waals surface area contributed by atoms with Crippen molar-refractivity contribution in [2.75, 3.05) is 65.0 Å². The van der Waals surface area contributed by atoms with E-state index >= 15 is 0 Å². The SMILES string of the molecule is CCNC(=NCCCCN1CCOCC1)Nc1ccc(OCC)c(OC)c1. The van der Waals surface area contributed by atoms with Crippen molar-refractivity contribution in [3.63, 3.8) is 0 Å². The lowest BCUT2D eigenvalue weighted by atomic mass is 10.2. The number of methoxy groups -OCH3 is 1. The van der Waals surface area contributed by atoms with E-state index in [2.05, 4.69) is 27.4 Å². The number of anilines is 1. The van der Waals surface area contributed by atoms with Gasteiger partial charge in [0, 0.05) is 37.9 Å². The zero-order chi connectivity index (χ0) is 19.3. The maximum Gasteiger partial charge on any atom is 0.195 e. The summed E-state index contributed by atoms with van der Waals surface area (Å²) in [6.07, 6.45) is 2.22. The molecule has 2 rings (SSSR count). The molecule has 0 bridgehead atoms. The number of ether oxygens (including phenoxy) is 3. The van der Waals surface area contributed by atoms with Crippen LogP contribution in [0.2, 0.25) is 0 Å². The topological polar surface area (TPSA) is 67.4 Å². The summed E-state index contributed by atoms with van der Waals surface area (Å²) in [5.41, 5.74) is 0.920. The van der Waals surface area contributed by atoms with Crippen LogP contribution in [0.5, 0.6) is 11.5 Å². The first kappa shape index (κ1) is 21.3. The molecule has 1 saturated heterocycles. The highest BCUT2D eigenvalue weighted by atomic mass is 16.5. The monoisotopic (exact) mass is 378 g/mol. The normalized spacial score (nSPS) is 15.4. The second kappa shape index (κ2) is 12.4. The molecule has 27 heavy (non-hydrogen) atoms. The Morgan fingerprint density at radius 3 is 2.70 bits per heavy atom. The molecule has 0 aromatic heterocycles. The van der Waals surface area contributed by atoms with E-state index in [1.807, 2.05) is 25.1 Å². The average Bonchev–Trinajstić information content (AvgIpc) is 2.70. The first-order chi connectivity index (χ1) is 13.3. The Labute approximate surface area is 163 Å². The minimum atomic E-state index is 0.609. The van der Waals surface area contributed by atoms with Gasteiger partial charge in [-0.05, 0) is 45.4 Å². The van der Waals surface area contributed by atoms with Gasteiger partial charge in [0.05, 0.1) is 26.9 Å². The van der Waals surface area contributed by atoms with Crippen molar-refractivity contribution in [3.8, 4) is 11.5 Å². The van der Waals surface area contributed by atoms with Gasteiger partial charge in [-0.15, -0.1) is 0 Å². The third-order valence-electron chi connectivity index (χ3n) is 4.33. The lowest BCUT2D eigenvalue weighted by Crippen LogP contribution is -2.36. The van der Waals surface area contributed by atoms with Gasteiger partial charge in [0.2, 0.25) is 0 Å². The van der Waals surface area contributed by atoms with Crippen LogP contribution in [0.4, 0.5) is 5.69 Å². The van der Waals surface area contributed by atoms with Gasteiger partial charge < -0.3 is 24.8 Å². The molecule has 0 saturated carbocycles. The number of hydrogen-bond donors (Lipinski definition) is 2. The van der Waals surface area contributed by atoms with Gasteiger partial charge in [0.15, 0.2) is 17.5 Å². The van der Waals surface area contributed by atoms with E-state index in [1.165, 1.54) is 0 Å². The van der Waals surface area contributed by atoms with E-state index < -0.39 is 0 Å². The van der Waals surface area contributed by atoms with Crippen molar-refractivity contribution >= 4 is 11.6 Å². The van der Waals surface area contributed by atoms with Crippen LogP contribution in [0.1, 0.15) is 26.7 Å². The number of unbranched alkanes of at least 4 members (excludes halogenated alkanes) is 1. The number of aliphatic imine (C=N–C) groups is 1. The van der Waals surface area contributed by atoms with Gasteiger partial charge in [-0.2, -0.15) is 0 Å². The highest BCUT2D eigenvalue weighted by Crippen LogP contribution is 2.30. The largest absolute Gasteiger partial charge is 0.493 e. The first-order valence-corrected chi connectivity index (χ1v) is 9.93. The minimum Gasteiger partial charge on any atom is -0.493 e. The Hall–Kier alpha value is -1.99. The van der Waals surface area contributed by atoms with Crippen LogP contribution in [0, 0.1) is 0 Å². The van der Waals surface area contributed by atoms with Gasteiger partial charge in [-0.3, -0.25) is 9.89 Å². The number of nitrogens with zero attached hydrogens (tertiary/aromatic N) is 2. The molecule has 0 atom stereocenters. The third kappa shape index (κ3) is 7.64. The third-order valence-corrected chi connectivity index (χ3v) is 4.33. The molecule has 7 heteroatoms. The van der Waals surface area contributed by atoms with E-state index in [-0.39, 0.29) is 0 Å². The molecule has 152 valence electrons. The van der Waals surface area contributed by atoms with E-state index in [0.717, 1.165) is 76.2 Å². The van der Waals surface area contributed by atoms with Gasteiger partial charge in [0.25, 0.3) is 0 Å². The molecule has 1 aliphatic heterocycles. The molecular weight excluding hydrogens is 344 g/mol. The standard InChI is InChI=1S/C20H34N4O3/c1-4-21-20(22-10-6-7-11-24-12-14-26-15-13-24)23-17-8-9-18(27-5-2)19(16-17)25-3/h8-9,16H,4-7,10-15H2,1-3H3,(H2,21,22,23). The van der Waals surface area contributed by atoms with Gasteiger partial charge in [-0.1, -0.05) is 0 Å². The number of nitrogens with one attached hydrogen (secondary N) is 2. The van der Waals surface area contributed by atoms with Crippen LogP contribution >= 0.6 is 0 Å². The number of benzene rings is 1. The van der Waals surface area contributed by atoms with E-state index in [0.29, 0.717) is 12.4 Å². The summed E-state index contributed by atoms with van der Waals surface area (Å²) >= 11 is 0. The van der Waals surface area contributed by atoms with Crippen LogP contribution in [0.25, 0.3) is 0 Å². The van der Waals surface area contributed by atoms with Crippen LogP contribution < -0.4 is 20.1 Å². The van der Waals surface area contributed by atoms with Crippen molar-refractivity contribution < 1.29 is 14.2 Å². The summed E-state index contributed by atoms with van der Waals surface area (Å²) in [7, 11) is 1.65. The quantitative estimate of drug-likeness (QED) is 0.371. The Morgan fingerprint density at radius 1 is 1.19 bits per heavy atom. The van der Waals surface area contributed by atoms with Gasteiger partial charge in [-0.25, -0.2) is 0 Å². The lowest BCUT2D eigenvalue weighted by Gasteiger charge is -2.26. The molecular formula is C20H34N4O3. The summed E-state index contributed by atoms with van der Waals surface area (Å²) in [5.74, 6) is 2.24. The summed E-state index contributed by atoms with van der Waals surface area (Å²) in [6.45, 7) is 11.2. The van der Waals surface area contributed by atoms with Crippen molar-refractivity contribution in [2.24, 2.45) is 4.99 Å². The second-order valence-corrected chi connectivity index (χ2v) is 6.35. The summed E-state index contributed by atoms with van der Waals surface area (Å²) < 4.78 is 16.4. The predicted octanol–water partition coefficient (Wildman–Crippen LogP) is 2.58. The fourth-order valence-electron chi connectivity index (χ4n) is 2.93. The maximum atomic E-state index is 5.57. The Kier molecular flexibility index (Phi) is 9.79. The summed E-state index contributed by atoms with van der Waals surface area (Å²) in [6, 6.07) is 5.81. The number of rotatable bonds is 10. The Balaban J connectivity index is 1.83. The van der Waals surface area contributed by atoms with E-state index in [4.69, 9.17) is 14.2 Å².